The van der Waals surface area contributed by atoms with Crippen LogP contribution in [0, 0.1) is 6.92 Å². The van der Waals surface area contributed by atoms with Crippen molar-refractivity contribution in [1.29, 1.82) is 0 Å². The van der Waals surface area contributed by atoms with Crippen LogP contribution in [0.3, 0.4) is 0 Å². The quantitative estimate of drug-likeness (QED) is 0.531. The van der Waals surface area contributed by atoms with Gasteiger partial charge in [-0.1, -0.05) is 26.0 Å². The number of hydrogen-bond acceptors (Lipinski definition) is 6. The molecular formula is C23H26N2O4S. The van der Waals surface area contributed by atoms with E-state index in [1.807, 2.05) is 36.6 Å². The summed E-state index contributed by atoms with van der Waals surface area (Å²) < 4.78 is 16.4. The third kappa shape index (κ3) is 5.10. The number of thiazole rings is 1. The number of ether oxygens (including phenoxy) is 3. The number of rotatable bonds is 8. The number of aryl methyl sites for hydroxylation is 1. The van der Waals surface area contributed by atoms with Gasteiger partial charge in [0, 0.05) is 17.0 Å². The van der Waals surface area contributed by atoms with E-state index >= 15 is 0 Å². The Kier molecular flexibility index (Phi) is 6.95. The van der Waals surface area contributed by atoms with E-state index in [0.29, 0.717) is 22.5 Å². The van der Waals surface area contributed by atoms with Crippen molar-refractivity contribution >= 4 is 22.4 Å². The molecule has 3 aromatic rings. The van der Waals surface area contributed by atoms with Gasteiger partial charge in [-0.2, -0.15) is 0 Å². The summed E-state index contributed by atoms with van der Waals surface area (Å²) in [7, 11) is 3.20. The fourth-order valence-electron chi connectivity index (χ4n) is 2.89. The van der Waals surface area contributed by atoms with E-state index in [9.17, 15) is 4.79 Å². The molecule has 158 valence electrons. The third-order valence-corrected chi connectivity index (χ3v) is 5.43. The van der Waals surface area contributed by atoms with Gasteiger partial charge in [0.15, 0.2) is 11.7 Å². The molecule has 1 N–H and O–H groups in total. The van der Waals surface area contributed by atoms with Crippen LogP contribution in [0.4, 0.5) is 5.13 Å². The molecule has 30 heavy (non-hydrogen) atoms. The minimum Gasteiger partial charge on any atom is -0.497 e. The highest BCUT2D eigenvalue weighted by Gasteiger charge is 2.14. The van der Waals surface area contributed by atoms with Gasteiger partial charge in [0.05, 0.1) is 19.9 Å². The Labute approximate surface area is 180 Å². The molecule has 0 unspecified atom stereocenters. The van der Waals surface area contributed by atoms with Crippen molar-refractivity contribution in [3.8, 4) is 28.5 Å². The first-order valence-corrected chi connectivity index (χ1v) is 10.5. The molecule has 0 bridgehead atoms. The minimum atomic E-state index is -0.257. The smallest absolute Gasteiger partial charge is 0.264 e. The van der Waals surface area contributed by atoms with Crippen LogP contribution in [0.25, 0.3) is 11.3 Å². The Balaban J connectivity index is 1.65. The Hall–Kier alpha value is -3.06. The van der Waals surface area contributed by atoms with E-state index in [1.54, 1.807) is 20.3 Å². The fourth-order valence-corrected chi connectivity index (χ4v) is 3.62. The number of benzene rings is 2. The van der Waals surface area contributed by atoms with Crippen molar-refractivity contribution < 1.29 is 19.0 Å². The second-order valence-corrected chi connectivity index (χ2v) is 7.98. The molecule has 0 saturated heterocycles. The second-order valence-electron chi connectivity index (χ2n) is 7.12. The number of amides is 1. The van der Waals surface area contributed by atoms with E-state index in [-0.39, 0.29) is 12.5 Å². The van der Waals surface area contributed by atoms with Gasteiger partial charge in [-0.05, 0) is 42.2 Å². The van der Waals surface area contributed by atoms with Crippen LogP contribution >= 0.6 is 11.3 Å². The summed E-state index contributed by atoms with van der Waals surface area (Å²) >= 11 is 1.35. The number of carbonyl (C=O) groups excluding carboxylic acids is 1. The number of hydrogen-bond donors (Lipinski definition) is 1. The summed E-state index contributed by atoms with van der Waals surface area (Å²) in [4.78, 5) is 16.9. The minimum absolute atomic E-state index is 0.0802. The Morgan fingerprint density at radius 3 is 2.60 bits per heavy atom. The highest BCUT2D eigenvalue weighted by Crippen LogP contribution is 2.34. The molecule has 0 atom stereocenters. The van der Waals surface area contributed by atoms with Gasteiger partial charge in [0.1, 0.15) is 17.2 Å². The van der Waals surface area contributed by atoms with Crippen LogP contribution in [0.5, 0.6) is 17.2 Å². The Morgan fingerprint density at radius 2 is 1.90 bits per heavy atom. The number of anilines is 1. The molecule has 6 nitrogen and oxygen atoms in total. The van der Waals surface area contributed by atoms with Crippen LogP contribution in [0.1, 0.15) is 30.9 Å². The Bertz CT molecular complexity index is 1030. The summed E-state index contributed by atoms with van der Waals surface area (Å²) in [5, 5.41) is 5.17. The normalized spacial score (nSPS) is 10.7. The molecule has 1 heterocycles. The lowest BCUT2D eigenvalue weighted by Gasteiger charge is -2.12. The number of methoxy groups -OCH3 is 2. The lowest BCUT2D eigenvalue weighted by molar-refractivity contribution is -0.118. The van der Waals surface area contributed by atoms with Gasteiger partial charge in [-0.3, -0.25) is 10.1 Å². The zero-order valence-electron chi connectivity index (χ0n) is 17.8. The van der Waals surface area contributed by atoms with Gasteiger partial charge in [-0.25, -0.2) is 4.98 Å². The maximum atomic E-state index is 12.4. The van der Waals surface area contributed by atoms with Gasteiger partial charge in [-0.15, -0.1) is 11.3 Å². The van der Waals surface area contributed by atoms with Crippen LogP contribution in [-0.4, -0.2) is 31.7 Å². The Morgan fingerprint density at radius 1 is 1.10 bits per heavy atom. The second kappa shape index (κ2) is 9.63. The van der Waals surface area contributed by atoms with E-state index in [1.165, 1.54) is 16.9 Å². The zero-order chi connectivity index (χ0) is 21.7. The molecule has 1 amide bonds. The van der Waals surface area contributed by atoms with Crippen LogP contribution in [-0.2, 0) is 4.79 Å². The zero-order valence-corrected chi connectivity index (χ0v) is 18.6. The summed E-state index contributed by atoms with van der Waals surface area (Å²) in [5.41, 5.74) is 3.72. The van der Waals surface area contributed by atoms with Crippen LogP contribution in [0.2, 0.25) is 0 Å². The molecule has 0 radical (unpaired) electrons. The number of nitrogens with one attached hydrogen (secondary N) is 1. The highest BCUT2D eigenvalue weighted by atomic mass is 32.1. The van der Waals surface area contributed by atoms with E-state index in [0.717, 1.165) is 22.6 Å². The first-order valence-electron chi connectivity index (χ1n) is 9.62. The van der Waals surface area contributed by atoms with Gasteiger partial charge >= 0.3 is 0 Å². The summed E-state index contributed by atoms with van der Waals surface area (Å²) in [5.74, 6) is 2.21. The van der Waals surface area contributed by atoms with Crippen LogP contribution in [0.15, 0.2) is 41.8 Å². The summed E-state index contributed by atoms with van der Waals surface area (Å²) in [6.45, 7) is 6.13. The third-order valence-electron chi connectivity index (χ3n) is 4.67. The number of carbonyl (C=O) groups is 1. The number of nitrogens with zero attached hydrogens (tertiary/aromatic N) is 1. The molecule has 0 aliphatic heterocycles. The first kappa shape index (κ1) is 21.6. The van der Waals surface area contributed by atoms with E-state index in [2.05, 4.69) is 30.2 Å². The molecular weight excluding hydrogens is 400 g/mol. The molecule has 0 fully saturated rings. The molecule has 7 heteroatoms. The van der Waals surface area contributed by atoms with Crippen LogP contribution < -0.4 is 19.5 Å². The van der Waals surface area contributed by atoms with Crippen molar-refractivity contribution in [2.75, 3.05) is 26.1 Å². The maximum absolute atomic E-state index is 12.4. The molecule has 0 aliphatic rings. The lowest BCUT2D eigenvalue weighted by atomic mass is 10.0. The summed E-state index contributed by atoms with van der Waals surface area (Å²) in [6, 6.07) is 11.6. The van der Waals surface area contributed by atoms with E-state index < -0.39 is 0 Å². The average Bonchev–Trinajstić information content (AvgIpc) is 3.20. The van der Waals surface area contributed by atoms with Crippen molar-refractivity contribution in [2.45, 2.75) is 26.7 Å². The molecule has 0 saturated carbocycles. The van der Waals surface area contributed by atoms with Gasteiger partial charge < -0.3 is 14.2 Å². The topological polar surface area (TPSA) is 69.7 Å². The SMILES string of the molecule is COc1ccc(-c2csc(NC(=O)COc3cc(C(C)C)ccc3C)n2)c(OC)c1. The number of aromatic nitrogens is 1. The average molecular weight is 427 g/mol. The standard InChI is InChI=1S/C23H26N2O4S/c1-14(2)16-7-6-15(3)20(10-16)29-12-22(26)25-23-24-19(13-30-23)18-9-8-17(27-4)11-21(18)28-5/h6-11,13-14H,12H2,1-5H3,(H,24,25,26). The predicted octanol–water partition coefficient (Wildman–Crippen LogP) is 5.28. The molecule has 2 aromatic carbocycles. The van der Waals surface area contributed by atoms with E-state index in [4.69, 9.17) is 14.2 Å². The van der Waals surface area contributed by atoms with Gasteiger partial charge in [0.2, 0.25) is 0 Å². The molecule has 3 rings (SSSR count). The molecule has 0 aliphatic carbocycles. The van der Waals surface area contributed by atoms with Crippen molar-refractivity contribution in [1.82, 2.24) is 4.98 Å². The predicted molar refractivity (Wildman–Crippen MR) is 120 cm³/mol. The monoisotopic (exact) mass is 426 g/mol. The van der Waals surface area contributed by atoms with Gasteiger partial charge in [0.25, 0.3) is 5.91 Å². The molecule has 1 aromatic heterocycles. The van der Waals surface area contributed by atoms with Crippen molar-refractivity contribution in [3.63, 3.8) is 0 Å². The fraction of sp³-hybridized carbons (Fsp3) is 0.304. The molecule has 0 spiro atoms. The van der Waals surface area contributed by atoms with Crippen molar-refractivity contribution in [3.05, 3.63) is 52.9 Å². The summed E-state index contributed by atoms with van der Waals surface area (Å²) in [6.07, 6.45) is 0. The van der Waals surface area contributed by atoms with Crippen molar-refractivity contribution in [2.24, 2.45) is 0 Å². The maximum Gasteiger partial charge on any atom is 0.264 e. The largest absolute Gasteiger partial charge is 0.497 e. The lowest BCUT2D eigenvalue weighted by Crippen LogP contribution is -2.20. The highest BCUT2D eigenvalue weighted by molar-refractivity contribution is 7.14. The first-order chi connectivity index (χ1) is 14.4.